The third kappa shape index (κ3) is 1.69. The van der Waals surface area contributed by atoms with Crippen molar-refractivity contribution in [3.8, 4) is 0 Å². The average Bonchev–Trinajstić information content (AvgIpc) is 2.85. The fourth-order valence-electron chi connectivity index (χ4n) is 1.69. The Hall–Kier alpha value is -0.810. The second kappa shape index (κ2) is 4.14. The molecule has 2 rings (SSSR count). The summed E-state index contributed by atoms with van der Waals surface area (Å²) in [6.07, 6.45) is 2.01. The molecule has 0 bridgehead atoms. The number of halogens is 1. The molecule has 0 spiro atoms. The van der Waals surface area contributed by atoms with E-state index in [1.807, 2.05) is 4.90 Å². The SMILES string of the molecule is OCC1CCCN1c1nnc(CCl)o1. The molecule has 1 aromatic rings. The molecule has 1 unspecified atom stereocenters. The number of hydrogen-bond acceptors (Lipinski definition) is 5. The summed E-state index contributed by atoms with van der Waals surface area (Å²) in [5.41, 5.74) is 0. The smallest absolute Gasteiger partial charge is 0.318 e. The van der Waals surface area contributed by atoms with Gasteiger partial charge in [0.05, 0.1) is 12.6 Å². The van der Waals surface area contributed by atoms with Crippen LogP contribution in [-0.2, 0) is 5.88 Å². The predicted molar refractivity (Wildman–Crippen MR) is 51.3 cm³/mol. The molecule has 1 saturated heterocycles. The number of hydrogen-bond donors (Lipinski definition) is 1. The highest BCUT2D eigenvalue weighted by molar-refractivity contribution is 6.16. The van der Waals surface area contributed by atoms with Gasteiger partial charge in [0.25, 0.3) is 0 Å². The molecule has 1 aliphatic heterocycles. The van der Waals surface area contributed by atoms with Crippen molar-refractivity contribution in [1.29, 1.82) is 0 Å². The van der Waals surface area contributed by atoms with E-state index in [9.17, 15) is 0 Å². The molecule has 78 valence electrons. The third-order valence-electron chi connectivity index (χ3n) is 2.40. The van der Waals surface area contributed by atoms with Crippen LogP contribution in [0.4, 0.5) is 6.01 Å². The summed E-state index contributed by atoms with van der Waals surface area (Å²) >= 11 is 5.55. The van der Waals surface area contributed by atoms with Crippen LogP contribution in [0.1, 0.15) is 18.7 Å². The molecule has 0 aromatic carbocycles. The zero-order valence-electron chi connectivity index (χ0n) is 7.69. The van der Waals surface area contributed by atoms with Gasteiger partial charge in [0.1, 0.15) is 5.88 Å². The molecule has 5 nitrogen and oxygen atoms in total. The number of nitrogens with zero attached hydrogens (tertiary/aromatic N) is 3. The Labute approximate surface area is 86.7 Å². The van der Waals surface area contributed by atoms with Gasteiger partial charge in [-0.15, -0.1) is 16.7 Å². The van der Waals surface area contributed by atoms with Crippen molar-refractivity contribution in [2.75, 3.05) is 18.1 Å². The van der Waals surface area contributed by atoms with E-state index in [0.717, 1.165) is 19.4 Å². The van der Waals surface area contributed by atoms with Gasteiger partial charge in [0.15, 0.2) is 0 Å². The molecule has 1 aliphatic rings. The molecule has 1 atom stereocenters. The van der Waals surface area contributed by atoms with Crippen LogP contribution in [-0.4, -0.2) is 34.5 Å². The maximum Gasteiger partial charge on any atom is 0.318 e. The summed E-state index contributed by atoms with van der Waals surface area (Å²) in [4.78, 5) is 1.93. The summed E-state index contributed by atoms with van der Waals surface area (Å²) in [6, 6.07) is 0.579. The van der Waals surface area contributed by atoms with Gasteiger partial charge >= 0.3 is 6.01 Å². The second-order valence-electron chi connectivity index (χ2n) is 3.28. The van der Waals surface area contributed by atoms with E-state index in [4.69, 9.17) is 21.1 Å². The zero-order chi connectivity index (χ0) is 9.97. The molecule has 6 heteroatoms. The fourth-order valence-corrected chi connectivity index (χ4v) is 1.80. The first-order valence-corrected chi connectivity index (χ1v) is 5.14. The van der Waals surface area contributed by atoms with Crippen LogP contribution in [0, 0.1) is 0 Å². The van der Waals surface area contributed by atoms with Gasteiger partial charge in [-0.05, 0) is 12.8 Å². The highest BCUT2D eigenvalue weighted by Gasteiger charge is 2.27. The molecule has 1 N–H and O–H groups in total. The quantitative estimate of drug-likeness (QED) is 0.758. The maximum atomic E-state index is 9.10. The van der Waals surface area contributed by atoms with Crippen LogP contribution in [0.3, 0.4) is 0 Å². The highest BCUT2D eigenvalue weighted by atomic mass is 35.5. The molecule has 1 aromatic heterocycles. The Morgan fingerprint density at radius 2 is 2.43 bits per heavy atom. The lowest BCUT2D eigenvalue weighted by Gasteiger charge is -2.19. The Balaban J connectivity index is 2.13. The van der Waals surface area contributed by atoms with Crippen LogP contribution in [0.25, 0.3) is 0 Å². The lowest BCUT2D eigenvalue weighted by Crippen LogP contribution is -2.32. The van der Waals surface area contributed by atoms with Gasteiger partial charge < -0.3 is 14.4 Å². The highest BCUT2D eigenvalue weighted by Crippen LogP contribution is 2.24. The minimum atomic E-state index is 0.110. The van der Waals surface area contributed by atoms with E-state index in [2.05, 4.69) is 10.2 Å². The van der Waals surface area contributed by atoms with Gasteiger partial charge in [-0.2, -0.15) is 0 Å². The van der Waals surface area contributed by atoms with Crippen molar-refractivity contribution in [2.24, 2.45) is 0 Å². The van der Waals surface area contributed by atoms with Gasteiger partial charge in [-0.3, -0.25) is 0 Å². The lowest BCUT2D eigenvalue weighted by molar-refractivity contribution is 0.262. The molecular formula is C8H12ClN3O2. The first kappa shape index (κ1) is 9.73. The number of aromatic nitrogens is 2. The van der Waals surface area contributed by atoms with Crippen molar-refractivity contribution in [3.05, 3.63) is 5.89 Å². The summed E-state index contributed by atoms with van der Waals surface area (Å²) in [5, 5.41) is 16.8. The molecule has 1 fully saturated rings. The topological polar surface area (TPSA) is 62.4 Å². The third-order valence-corrected chi connectivity index (χ3v) is 2.63. The van der Waals surface area contributed by atoms with Gasteiger partial charge in [-0.1, -0.05) is 5.10 Å². The molecule has 14 heavy (non-hydrogen) atoms. The van der Waals surface area contributed by atoms with Gasteiger partial charge in [0.2, 0.25) is 5.89 Å². The Kier molecular flexibility index (Phi) is 2.88. The second-order valence-corrected chi connectivity index (χ2v) is 3.55. The summed E-state index contributed by atoms with van der Waals surface area (Å²) < 4.78 is 5.31. The Morgan fingerprint density at radius 3 is 3.07 bits per heavy atom. The number of alkyl halides is 1. The van der Waals surface area contributed by atoms with Crippen LogP contribution < -0.4 is 4.90 Å². The Bertz CT molecular complexity index is 305. The molecular weight excluding hydrogens is 206 g/mol. The van der Waals surface area contributed by atoms with E-state index in [1.165, 1.54) is 0 Å². The van der Waals surface area contributed by atoms with Crippen molar-refractivity contribution in [1.82, 2.24) is 10.2 Å². The predicted octanol–water partition coefficient (Wildman–Crippen LogP) is 0.769. The standard InChI is InChI=1S/C8H12ClN3O2/c9-4-7-10-11-8(14-7)12-3-1-2-6(12)5-13/h6,13H,1-5H2. The van der Waals surface area contributed by atoms with Crippen LogP contribution >= 0.6 is 11.6 Å². The summed E-state index contributed by atoms with van der Waals surface area (Å²) in [7, 11) is 0. The number of aliphatic hydroxyl groups is 1. The van der Waals surface area contributed by atoms with E-state index in [-0.39, 0.29) is 18.5 Å². The minimum Gasteiger partial charge on any atom is -0.407 e. The van der Waals surface area contributed by atoms with Crippen LogP contribution in [0.5, 0.6) is 0 Å². The first-order chi connectivity index (χ1) is 6.85. The van der Waals surface area contributed by atoms with Crippen LogP contribution in [0.2, 0.25) is 0 Å². The molecule has 2 heterocycles. The molecule has 0 saturated carbocycles. The van der Waals surface area contributed by atoms with E-state index < -0.39 is 0 Å². The Morgan fingerprint density at radius 1 is 1.57 bits per heavy atom. The monoisotopic (exact) mass is 217 g/mol. The van der Waals surface area contributed by atoms with Crippen LogP contribution in [0.15, 0.2) is 4.42 Å². The minimum absolute atomic E-state index is 0.110. The fraction of sp³-hybridized carbons (Fsp3) is 0.750. The normalized spacial score (nSPS) is 21.9. The maximum absolute atomic E-state index is 9.10. The average molecular weight is 218 g/mol. The number of anilines is 1. The molecule has 0 amide bonds. The van der Waals surface area contributed by atoms with Gasteiger partial charge in [-0.25, -0.2) is 0 Å². The lowest BCUT2D eigenvalue weighted by atomic mass is 10.2. The van der Waals surface area contributed by atoms with E-state index in [1.54, 1.807) is 0 Å². The van der Waals surface area contributed by atoms with Crippen molar-refractivity contribution < 1.29 is 9.52 Å². The van der Waals surface area contributed by atoms with E-state index in [0.29, 0.717) is 11.9 Å². The summed E-state index contributed by atoms with van der Waals surface area (Å²) in [5.74, 6) is 0.648. The number of rotatable bonds is 3. The van der Waals surface area contributed by atoms with Crippen molar-refractivity contribution in [2.45, 2.75) is 24.8 Å². The largest absolute Gasteiger partial charge is 0.407 e. The summed E-state index contributed by atoms with van der Waals surface area (Å²) in [6.45, 7) is 0.980. The molecule has 0 radical (unpaired) electrons. The first-order valence-electron chi connectivity index (χ1n) is 4.61. The molecule has 0 aliphatic carbocycles. The van der Waals surface area contributed by atoms with Crippen molar-refractivity contribution in [3.63, 3.8) is 0 Å². The van der Waals surface area contributed by atoms with E-state index >= 15 is 0 Å². The van der Waals surface area contributed by atoms with Crippen molar-refractivity contribution >= 4 is 17.6 Å². The number of aliphatic hydroxyl groups excluding tert-OH is 1. The van der Waals surface area contributed by atoms with Gasteiger partial charge in [0, 0.05) is 6.54 Å². The zero-order valence-corrected chi connectivity index (χ0v) is 8.44.